The number of carbonyl (C=O) groups excluding carboxylic acids is 2. The molecule has 0 spiro atoms. The number of amides is 1. The van der Waals surface area contributed by atoms with Crippen molar-refractivity contribution in [3.63, 3.8) is 0 Å². The van der Waals surface area contributed by atoms with Crippen LogP contribution in [0.2, 0.25) is 0 Å². The summed E-state index contributed by atoms with van der Waals surface area (Å²) in [6.07, 6.45) is 75.1. The number of hydrogen-bond donors (Lipinski definition) is 3. The fourth-order valence-corrected chi connectivity index (χ4v) is 10.0. The van der Waals surface area contributed by atoms with Gasteiger partial charge >= 0.3 is 5.97 Å². The minimum absolute atomic E-state index is 0.0127. The minimum atomic E-state index is -0.843. The summed E-state index contributed by atoms with van der Waals surface area (Å²) in [4.78, 5) is 24.6. The molecule has 6 heteroatoms. The molecular formula is C65H125NO5. The van der Waals surface area contributed by atoms with Gasteiger partial charge in [-0.25, -0.2) is 0 Å². The maximum Gasteiger partial charge on any atom is 0.305 e. The molecule has 0 rings (SSSR count). The summed E-state index contributed by atoms with van der Waals surface area (Å²) in [6.45, 7) is 4.91. The van der Waals surface area contributed by atoms with E-state index in [1.165, 1.54) is 283 Å². The van der Waals surface area contributed by atoms with Gasteiger partial charge in [0.1, 0.15) is 0 Å². The van der Waals surface area contributed by atoms with Gasteiger partial charge in [-0.1, -0.05) is 308 Å². The standard InChI is InChI=1S/C65H125NO5/c1-3-5-7-9-11-13-15-17-18-19-24-28-31-35-39-43-47-51-55-59-65(70)71-60-56-52-48-44-40-36-32-29-26-23-21-20-22-25-27-30-34-38-42-46-50-54-58-64(69)66-62(61-67)63(68)57-53-49-45-41-37-33-16-14-12-10-8-6-4-2/h17-18,53,57,62-63,67-68H,3-16,19-52,54-56,58-61H2,1-2H3,(H,66,69)/b18-17-,57-53+. The third-order valence-corrected chi connectivity index (χ3v) is 15.0. The van der Waals surface area contributed by atoms with Crippen molar-refractivity contribution in [3.8, 4) is 0 Å². The fraction of sp³-hybridized carbons (Fsp3) is 0.908. The van der Waals surface area contributed by atoms with Crippen LogP contribution in [0.3, 0.4) is 0 Å². The van der Waals surface area contributed by atoms with Crippen LogP contribution in [0.5, 0.6) is 0 Å². The van der Waals surface area contributed by atoms with E-state index in [4.69, 9.17) is 4.74 Å². The van der Waals surface area contributed by atoms with E-state index in [1.807, 2.05) is 6.08 Å². The Kier molecular flexibility index (Phi) is 59.5. The summed E-state index contributed by atoms with van der Waals surface area (Å²) in [7, 11) is 0. The molecule has 0 bridgehead atoms. The topological polar surface area (TPSA) is 95.9 Å². The van der Waals surface area contributed by atoms with Crippen molar-refractivity contribution in [3.05, 3.63) is 24.3 Å². The third kappa shape index (κ3) is 57.5. The number of esters is 1. The molecule has 0 aliphatic carbocycles. The van der Waals surface area contributed by atoms with Crippen LogP contribution < -0.4 is 5.32 Å². The highest BCUT2D eigenvalue weighted by Gasteiger charge is 2.18. The van der Waals surface area contributed by atoms with E-state index in [1.54, 1.807) is 6.08 Å². The van der Waals surface area contributed by atoms with E-state index >= 15 is 0 Å². The van der Waals surface area contributed by atoms with Crippen molar-refractivity contribution in [2.45, 2.75) is 366 Å². The number of allylic oxidation sites excluding steroid dienone is 3. The number of hydrogen-bond acceptors (Lipinski definition) is 5. The van der Waals surface area contributed by atoms with E-state index < -0.39 is 12.1 Å². The molecule has 1 amide bonds. The summed E-state index contributed by atoms with van der Waals surface area (Å²) in [6, 6.07) is -0.627. The molecule has 0 fully saturated rings. The second kappa shape index (κ2) is 60.9. The van der Waals surface area contributed by atoms with Crippen LogP contribution in [0.1, 0.15) is 354 Å². The lowest BCUT2D eigenvalue weighted by atomic mass is 10.0. The number of unbranched alkanes of at least 4 members (excludes halogenated alkanes) is 47. The molecule has 0 saturated heterocycles. The van der Waals surface area contributed by atoms with Crippen molar-refractivity contribution >= 4 is 11.9 Å². The van der Waals surface area contributed by atoms with Gasteiger partial charge in [0.05, 0.1) is 25.4 Å². The van der Waals surface area contributed by atoms with Gasteiger partial charge in [0.2, 0.25) is 5.91 Å². The zero-order valence-corrected chi connectivity index (χ0v) is 48.0. The highest BCUT2D eigenvalue weighted by molar-refractivity contribution is 5.76. The van der Waals surface area contributed by atoms with Crippen molar-refractivity contribution in [2.75, 3.05) is 13.2 Å². The molecule has 0 aromatic heterocycles. The Morgan fingerprint density at radius 3 is 1.00 bits per heavy atom. The summed E-state index contributed by atoms with van der Waals surface area (Å²) in [5, 5.41) is 23.1. The average Bonchev–Trinajstić information content (AvgIpc) is 3.37. The van der Waals surface area contributed by atoms with Gasteiger partial charge in [-0.05, 0) is 57.8 Å². The van der Waals surface area contributed by atoms with Crippen LogP contribution in [0.25, 0.3) is 0 Å². The normalized spacial score (nSPS) is 12.7. The molecule has 2 unspecified atom stereocenters. The first kappa shape index (κ1) is 69.3. The van der Waals surface area contributed by atoms with Gasteiger partial charge in [0, 0.05) is 12.8 Å². The van der Waals surface area contributed by atoms with Crippen molar-refractivity contribution in [2.24, 2.45) is 0 Å². The Bertz CT molecular complexity index is 1110. The van der Waals surface area contributed by atoms with Gasteiger partial charge in [-0.15, -0.1) is 0 Å². The molecular weight excluding hydrogens is 875 g/mol. The predicted molar refractivity (Wildman–Crippen MR) is 310 cm³/mol. The number of aliphatic hydroxyl groups excluding tert-OH is 2. The highest BCUT2D eigenvalue weighted by atomic mass is 16.5. The number of aliphatic hydroxyl groups is 2. The number of nitrogens with one attached hydrogen (secondary N) is 1. The largest absolute Gasteiger partial charge is 0.466 e. The third-order valence-electron chi connectivity index (χ3n) is 15.0. The van der Waals surface area contributed by atoms with Crippen molar-refractivity contribution < 1.29 is 24.5 Å². The monoisotopic (exact) mass is 1000 g/mol. The summed E-state index contributed by atoms with van der Waals surface area (Å²) in [5.41, 5.74) is 0. The van der Waals surface area contributed by atoms with Crippen LogP contribution in [0.15, 0.2) is 24.3 Å². The summed E-state index contributed by atoms with van der Waals surface area (Å²) >= 11 is 0. The van der Waals surface area contributed by atoms with Gasteiger partial charge in [-0.2, -0.15) is 0 Å². The van der Waals surface area contributed by atoms with Crippen LogP contribution >= 0.6 is 0 Å². The molecule has 3 N–H and O–H groups in total. The van der Waals surface area contributed by atoms with E-state index in [0.717, 1.165) is 44.9 Å². The molecule has 71 heavy (non-hydrogen) atoms. The zero-order chi connectivity index (χ0) is 51.4. The van der Waals surface area contributed by atoms with Crippen molar-refractivity contribution in [1.29, 1.82) is 0 Å². The van der Waals surface area contributed by atoms with E-state index in [0.29, 0.717) is 19.4 Å². The molecule has 6 nitrogen and oxygen atoms in total. The van der Waals surface area contributed by atoms with E-state index in [9.17, 15) is 19.8 Å². The second-order valence-corrected chi connectivity index (χ2v) is 22.1. The summed E-state index contributed by atoms with van der Waals surface area (Å²) < 4.78 is 5.50. The molecule has 0 saturated carbocycles. The highest BCUT2D eigenvalue weighted by Crippen LogP contribution is 2.18. The quantitative estimate of drug-likeness (QED) is 0.0320. The van der Waals surface area contributed by atoms with E-state index in [2.05, 4.69) is 31.3 Å². The molecule has 0 aromatic carbocycles. The van der Waals surface area contributed by atoms with Crippen LogP contribution in [0, 0.1) is 0 Å². The first-order chi connectivity index (χ1) is 35.0. The maximum atomic E-state index is 12.5. The summed E-state index contributed by atoms with van der Waals surface area (Å²) in [5.74, 6) is -0.0544. The van der Waals surface area contributed by atoms with Crippen LogP contribution in [-0.4, -0.2) is 47.4 Å². The van der Waals surface area contributed by atoms with E-state index in [-0.39, 0.29) is 18.5 Å². The van der Waals surface area contributed by atoms with Gasteiger partial charge in [0.25, 0.3) is 0 Å². The van der Waals surface area contributed by atoms with Crippen molar-refractivity contribution in [1.82, 2.24) is 5.32 Å². The molecule has 420 valence electrons. The number of carbonyl (C=O) groups is 2. The first-order valence-corrected chi connectivity index (χ1v) is 32.1. The first-order valence-electron chi connectivity index (χ1n) is 32.1. The Labute approximate surface area is 443 Å². The Balaban J connectivity index is 3.37. The predicted octanol–water partition coefficient (Wildman–Crippen LogP) is 20.2. The lowest BCUT2D eigenvalue weighted by Gasteiger charge is -2.20. The maximum absolute atomic E-state index is 12.5. The molecule has 0 heterocycles. The van der Waals surface area contributed by atoms with Crippen LogP contribution in [0.4, 0.5) is 0 Å². The van der Waals surface area contributed by atoms with Gasteiger partial charge < -0.3 is 20.3 Å². The Morgan fingerprint density at radius 2 is 0.662 bits per heavy atom. The molecule has 0 radical (unpaired) electrons. The Morgan fingerprint density at radius 1 is 0.380 bits per heavy atom. The molecule has 2 atom stereocenters. The number of ether oxygens (including phenoxy) is 1. The molecule has 0 aromatic rings. The zero-order valence-electron chi connectivity index (χ0n) is 48.0. The van der Waals surface area contributed by atoms with Gasteiger partial charge in [-0.3, -0.25) is 9.59 Å². The average molecular weight is 1000 g/mol. The lowest BCUT2D eigenvalue weighted by Crippen LogP contribution is -2.45. The van der Waals surface area contributed by atoms with Gasteiger partial charge in [0.15, 0.2) is 0 Å². The van der Waals surface area contributed by atoms with Crippen LogP contribution in [-0.2, 0) is 14.3 Å². The smallest absolute Gasteiger partial charge is 0.305 e. The lowest BCUT2D eigenvalue weighted by molar-refractivity contribution is -0.143. The number of rotatable bonds is 60. The molecule has 0 aliphatic heterocycles. The Hall–Kier alpha value is -1.66. The molecule has 0 aliphatic rings. The second-order valence-electron chi connectivity index (χ2n) is 22.1. The SMILES string of the molecule is CCCCCCCC/C=C\CCCCCCCCCCCC(=O)OCCCCCCCCCCCCCCCCCCCCCCCCC(=O)NC(CO)C(O)/C=C/CCCCCCCCCCCCC. The minimum Gasteiger partial charge on any atom is -0.466 e. The fourth-order valence-electron chi connectivity index (χ4n) is 10.0.